The second-order valence-corrected chi connectivity index (χ2v) is 9.79. The zero-order valence-electron chi connectivity index (χ0n) is 21.1. The number of methoxy groups -OCH3 is 1. The second kappa shape index (κ2) is 10.2. The van der Waals surface area contributed by atoms with Gasteiger partial charge in [0.25, 0.3) is 5.56 Å². The number of aliphatic hydroxyl groups is 1. The Bertz CT molecular complexity index is 1440. The van der Waals surface area contributed by atoms with Crippen LogP contribution in [0.25, 0.3) is 16.7 Å². The molecule has 1 aliphatic heterocycles. The highest BCUT2D eigenvalue weighted by Crippen LogP contribution is 2.27. The molecule has 1 fully saturated rings. The van der Waals surface area contributed by atoms with E-state index in [0.29, 0.717) is 43.4 Å². The van der Waals surface area contributed by atoms with Gasteiger partial charge in [-0.25, -0.2) is 9.67 Å². The van der Waals surface area contributed by atoms with Crippen molar-refractivity contribution in [3.8, 4) is 11.4 Å². The van der Waals surface area contributed by atoms with E-state index < -0.39 is 5.60 Å². The zero-order valence-corrected chi connectivity index (χ0v) is 21.1. The van der Waals surface area contributed by atoms with Crippen molar-refractivity contribution in [3.63, 3.8) is 0 Å². The molecule has 5 rings (SSSR count). The Kier molecular flexibility index (Phi) is 6.80. The quantitative estimate of drug-likeness (QED) is 0.417. The summed E-state index contributed by atoms with van der Waals surface area (Å²) in [4.78, 5) is 32.4. The number of carbonyl (C=O) groups excluding carboxylic acids is 1. The van der Waals surface area contributed by atoms with Gasteiger partial charge in [-0.2, -0.15) is 5.10 Å². The molecule has 3 heterocycles. The van der Waals surface area contributed by atoms with Crippen LogP contribution in [-0.2, 0) is 11.3 Å². The van der Waals surface area contributed by atoms with Crippen LogP contribution in [0.2, 0.25) is 0 Å². The van der Waals surface area contributed by atoms with Gasteiger partial charge in [0.1, 0.15) is 17.5 Å². The molecule has 4 aromatic rings. The molecule has 1 amide bonds. The average Bonchev–Trinajstić information content (AvgIpc) is 3.36. The van der Waals surface area contributed by atoms with E-state index in [-0.39, 0.29) is 23.9 Å². The Hall–Kier alpha value is -3.98. The van der Waals surface area contributed by atoms with Gasteiger partial charge in [-0.05, 0) is 48.6 Å². The highest BCUT2D eigenvalue weighted by molar-refractivity contribution is 5.77. The molecule has 0 unspecified atom stereocenters. The maximum atomic E-state index is 13.2. The molecule has 1 saturated heterocycles. The lowest BCUT2D eigenvalue weighted by Crippen LogP contribution is -2.49. The largest absolute Gasteiger partial charge is 0.497 e. The minimum absolute atomic E-state index is 0.0876. The summed E-state index contributed by atoms with van der Waals surface area (Å²) >= 11 is 0. The first kappa shape index (κ1) is 24.7. The standard InChI is InChI=1S/C28H31N5O4/c1-20(21-6-4-3-5-7-21)16-25(34)31-14-12-28(36,13-15-31)18-32-19-29-26-24(27(32)35)17-30-33(26)22-8-10-23(37-2)11-9-22/h3-11,17,19-20,36H,12-16,18H2,1-2H3/t20-/m1/s1. The maximum absolute atomic E-state index is 13.2. The lowest BCUT2D eigenvalue weighted by Gasteiger charge is -2.38. The third-order valence-corrected chi connectivity index (χ3v) is 7.23. The molecular weight excluding hydrogens is 470 g/mol. The summed E-state index contributed by atoms with van der Waals surface area (Å²) in [7, 11) is 1.60. The van der Waals surface area contributed by atoms with Gasteiger partial charge in [0.15, 0.2) is 5.65 Å². The van der Waals surface area contributed by atoms with Gasteiger partial charge in [0, 0.05) is 19.5 Å². The number of likely N-dealkylation sites (tertiary alicyclic amines) is 1. The third-order valence-electron chi connectivity index (χ3n) is 7.23. The summed E-state index contributed by atoms with van der Waals surface area (Å²) in [6.07, 6.45) is 4.19. The van der Waals surface area contributed by atoms with Gasteiger partial charge in [-0.3, -0.25) is 14.2 Å². The smallest absolute Gasteiger partial charge is 0.264 e. The highest BCUT2D eigenvalue weighted by atomic mass is 16.5. The van der Waals surface area contributed by atoms with Crippen LogP contribution in [0.1, 0.15) is 37.7 Å². The van der Waals surface area contributed by atoms with E-state index in [1.54, 1.807) is 11.8 Å². The van der Waals surface area contributed by atoms with Crippen molar-refractivity contribution in [1.29, 1.82) is 0 Å². The minimum Gasteiger partial charge on any atom is -0.497 e. The zero-order chi connectivity index (χ0) is 26.0. The van der Waals surface area contributed by atoms with E-state index in [1.807, 2.05) is 59.5 Å². The van der Waals surface area contributed by atoms with E-state index >= 15 is 0 Å². The molecule has 1 aliphatic rings. The van der Waals surface area contributed by atoms with Gasteiger partial charge in [-0.15, -0.1) is 0 Å². The van der Waals surface area contributed by atoms with Crippen LogP contribution in [0, 0.1) is 0 Å². The number of nitrogens with zero attached hydrogens (tertiary/aromatic N) is 5. The number of ether oxygens (including phenoxy) is 1. The number of hydrogen-bond acceptors (Lipinski definition) is 6. The van der Waals surface area contributed by atoms with Crippen molar-refractivity contribution in [2.24, 2.45) is 0 Å². The fourth-order valence-electron chi connectivity index (χ4n) is 4.91. The number of fused-ring (bicyclic) bond motifs is 1. The normalized spacial score (nSPS) is 16.0. The first-order valence-electron chi connectivity index (χ1n) is 12.5. The highest BCUT2D eigenvalue weighted by Gasteiger charge is 2.35. The van der Waals surface area contributed by atoms with E-state index in [4.69, 9.17) is 4.74 Å². The summed E-state index contributed by atoms with van der Waals surface area (Å²) in [5.41, 5.74) is 1.01. The Labute approximate surface area is 214 Å². The number of carbonyl (C=O) groups is 1. The third kappa shape index (κ3) is 5.13. The monoisotopic (exact) mass is 501 g/mol. The van der Waals surface area contributed by atoms with Gasteiger partial charge < -0.3 is 14.7 Å². The molecule has 0 bridgehead atoms. The molecule has 9 nitrogen and oxygen atoms in total. The molecule has 0 saturated carbocycles. The van der Waals surface area contributed by atoms with Crippen molar-refractivity contribution < 1.29 is 14.6 Å². The Morgan fingerprint density at radius 1 is 1.11 bits per heavy atom. The lowest BCUT2D eigenvalue weighted by atomic mass is 9.90. The number of aromatic nitrogens is 4. The van der Waals surface area contributed by atoms with E-state index in [0.717, 1.165) is 17.0 Å². The molecule has 1 atom stereocenters. The predicted molar refractivity (Wildman–Crippen MR) is 140 cm³/mol. The number of benzene rings is 2. The Morgan fingerprint density at radius 2 is 1.81 bits per heavy atom. The molecule has 0 aliphatic carbocycles. The number of rotatable bonds is 7. The molecule has 37 heavy (non-hydrogen) atoms. The summed E-state index contributed by atoms with van der Waals surface area (Å²) in [6, 6.07) is 17.3. The Morgan fingerprint density at radius 3 is 2.49 bits per heavy atom. The molecule has 0 radical (unpaired) electrons. The van der Waals surface area contributed by atoms with Crippen LogP contribution in [-0.4, -0.2) is 61.0 Å². The summed E-state index contributed by atoms with van der Waals surface area (Å²) in [5, 5.41) is 16.0. The summed E-state index contributed by atoms with van der Waals surface area (Å²) in [5.74, 6) is 0.941. The minimum atomic E-state index is -1.09. The lowest BCUT2D eigenvalue weighted by molar-refractivity contribution is -0.136. The molecule has 2 aromatic heterocycles. The van der Waals surface area contributed by atoms with Crippen LogP contribution in [0.15, 0.2) is 71.9 Å². The number of piperidine rings is 1. The number of hydrogen-bond donors (Lipinski definition) is 1. The van der Waals surface area contributed by atoms with Crippen LogP contribution in [0.5, 0.6) is 5.75 Å². The van der Waals surface area contributed by atoms with Crippen molar-refractivity contribution in [1.82, 2.24) is 24.2 Å². The maximum Gasteiger partial charge on any atom is 0.264 e. The van der Waals surface area contributed by atoms with E-state index in [1.165, 1.54) is 17.1 Å². The molecule has 9 heteroatoms. The summed E-state index contributed by atoms with van der Waals surface area (Å²) < 4.78 is 8.25. The molecule has 0 spiro atoms. The average molecular weight is 502 g/mol. The molecular formula is C28H31N5O4. The van der Waals surface area contributed by atoms with Crippen molar-refractivity contribution >= 4 is 16.9 Å². The van der Waals surface area contributed by atoms with Crippen LogP contribution in [0.3, 0.4) is 0 Å². The first-order valence-corrected chi connectivity index (χ1v) is 12.5. The topological polar surface area (TPSA) is 102 Å². The van der Waals surface area contributed by atoms with Crippen LogP contribution < -0.4 is 10.3 Å². The van der Waals surface area contributed by atoms with Crippen molar-refractivity contribution in [3.05, 3.63) is 83.0 Å². The SMILES string of the molecule is COc1ccc(-n2ncc3c(=O)n(CC4(O)CCN(C(=O)C[C@@H](C)c5ccccc5)CC4)cnc32)cc1. The predicted octanol–water partition coefficient (Wildman–Crippen LogP) is 3.14. The van der Waals surface area contributed by atoms with E-state index in [9.17, 15) is 14.7 Å². The van der Waals surface area contributed by atoms with Crippen LogP contribution >= 0.6 is 0 Å². The van der Waals surface area contributed by atoms with E-state index in [2.05, 4.69) is 17.0 Å². The van der Waals surface area contributed by atoms with Crippen molar-refractivity contribution in [2.75, 3.05) is 20.2 Å². The van der Waals surface area contributed by atoms with Gasteiger partial charge in [0.05, 0.1) is 31.1 Å². The fourth-order valence-corrected chi connectivity index (χ4v) is 4.91. The summed E-state index contributed by atoms with van der Waals surface area (Å²) in [6.45, 7) is 3.08. The van der Waals surface area contributed by atoms with Gasteiger partial charge in [-0.1, -0.05) is 37.3 Å². The molecule has 192 valence electrons. The Balaban J connectivity index is 1.25. The fraction of sp³-hybridized carbons (Fsp3) is 0.357. The van der Waals surface area contributed by atoms with Crippen molar-refractivity contribution in [2.45, 2.75) is 44.2 Å². The van der Waals surface area contributed by atoms with Gasteiger partial charge >= 0.3 is 0 Å². The number of amides is 1. The second-order valence-electron chi connectivity index (χ2n) is 9.79. The van der Waals surface area contributed by atoms with Gasteiger partial charge in [0.2, 0.25) is 5.91 Å². The van der Waals surface area contributed by atoms with Crippen LogP contribution in [0.4, 0.5) is 0 Å². The molecule has 2 aromatic carbocycles. The molecule has 1 N–H and O–H groups in total. The first-order chi connectivity index (χ1) is 17.9.